The Labute approximate surface area is 119 Å². The van der Waals surface area contributed by atoms with Crippen LogP contribution >= 0.6 is 0 Å². The monoisotopic (exact) mass is 281 g/mol. The Morgan fingerprint density at radius 1 is 1.19 bits per heavy atom. The number of benzene rings is 1. The van der Waals surface area contributed by atoms with Crippen molar-refractivity contribution >= 4 is 18.0 Å². The van der Waals surface area contributed by atoms with Crippen molar-refractivity contribution < 1.29 is 19.1 Å². The zero-order valence-corrected chi connectivity index (χ0v) is 10.7. The van der Waals surface area contributed by atoms with E-state index in [9.17, 15) is 14.7 Å². The number of carboxylic acid groups (broad SMARTS) is 1. The maximum atomic E-state index is 10.9. The normalized spacial score (nSPS) is 10.9. The van der Waals surface area contributed by atoms with Crippen LogP contribution in [0.5, 0.6) is 0 Å². The molecule has 21 heavy (non-hydrogen) atoms. The summed E-state index contributed by atoms with van der Waals surface area (Å²) in [6, 6.07) is 10.8. The van der Waals surface area contributed by atoms with Crippen LogP contribution in [0.2, 0.25) is 0 Å². The van der Waals surface area contributed by atoms with Crippen molar-refractivity contribution in [3.05, 3.63) is 53.3 Å². The van der Waals surface area contributed by atoms with E-state index in [1.54, 1.807) is 30.3 Å². The number of aromatic carboxylic acids is 1. The number of hydrogen-bond acceptors (Lipinski definition) is 5. The first-order valence-corrected chi connectivity index (χ1v) is 5.84. The first-order chi connectivity index (χ1) is 10.0. The Kier molecular flexibility index (Phi) is 3.86. The quantitative estimate of drug-likeness (QED) is 0.653. The van der Waals surface area contributed by atoms with Crippen LogP contribution in [-0.2, 0) is 4.79 Å². The van der Waals surface area contributed by atoms with Crippen LogP contribution < -0.4 is 10.8 Å². The lowest BCUT2D eigenvalue weighted by Crippen LogP contribution is -2.21. The Balaban J connectivity index is 2.30. The van der Waals surface area contributed by atoms with Crippen LogP contribution in [0.1, 0.15) is 16.1 Å². The zero-order valence-electron chi connectivity index (χ0n) is 10.7. The van der Waals surface area contributed by atoms with Gasteiger partial charge in [-0.3, -0.25) is 4.79 Å². The number of nitrogens with zero attached hydrogens (tertiary/aromatic N) is 1. The number of rotatable bonds is 4. The highest BCUT2D eigenvalue weighted by atomic mass is 16.4. The van der Waals surface area contributed by atoms with E-state index >= 15 is 0 Å². The van der Waals surface area contributed by atoms with E-state index < -0.39 is 11.9 Å². The van der Waals surface area contributed by atoms with E-state index in [1.807, 2.05) is 0 Å². The Hall–Kier alpha value is -3.33. The molecule has 0 saturated carbocycles. The molecule has 6 heteroatoms. The molecule has 0 radical (unpaired) electrons. The highest BCUT2D eigenvalue weighted by Gasteiger charge is 2.07. The minimum Gasteiger partial charge on any atom is -0.545 e. The molecule has 0 aliphatic heterocycles. The average molecular weight is 281 g/mol. The maximum Gasteiger partial charge on any atom is 0.259 e. The van der Waals surface area contributed by atoms with Gasteiger partial charge in [0.15, 0.2) is 0 Å². The van der Waals surface area contributed by atoms with Crippen LogP contribution in [-0.4, -0.2) is 11.9 Å². The number of furan rings is 1. The Bertz CT molecular complexity index is 764. The predicted octanol–water partition coefficient (Wildman–Crippen LogP) is 0.702. The summed E-state index contributed by atoms with van der Waals surface area (Å²) in [5.41, 5.74) is 5.52. The molecule has 1 amide bonds. The molecule has 1 aromatic carbocycles. The van der Waals surface area contributed by atoms with Crippen LogP contribution in [0, 0.1) is 11.3 Å². The van der Waals surface area contributed by atoms with E-state index in [4.69, 9.17) is 15.4 Å². The summed E-state index contributed by atoms with van der Waals surface area (Å²) in [5, 5.41) is 19.4. The van der Waals surface area contributed by atoms with E-state index in [0.29, 0.717) is 17.1 Å². The predicted molar refractivity (Wildman–Crippen MR) is 71.3 cm³/mol. The number of nitrogens with two attached hydrogens (primary N) is 1. The van der Waals surface area contributed by atoms with Crippen LogP contribution in [0.3, 0.4) is 0 Å². The summed E-state index contributed by atoms with van der Waals surface area (Å²) in [5.74, 6) is -1.34. The van der Waals surface area contributed by atoms with Crippen LogP contribution in [0.15, 0.2) is 46.4 Å². The van der Waals surface area contributed by atoms with E-state index in [1.165, 1.54) is 18.2 Å². The number of carbonyl (C=O) groups excluding carboxylic acids is 2. The average Bonchev–Trinajstić information content (AvgIpc) is 2.93. The molecular weight excluding hydrogens is 272 g/mol. The second kappa shape index (κ2) is 5.75. The zero-order chi connectivity index (χ0) is 15.4. The fourth-order valence-electron chi connectivity index (χ4n) is 1.66. The molecule has 0 atom stereocenters. The van der Waals surface area contributed by atoms with Crippen molar-refractivity contribution in [1.82, 2.24) is 0 Å². The van der Waals surface area contributed by atoms with Crippen molar-refractivity contribution in [3.8, 4) is 17.4 Å². The largest absolute Gasteiger partial charge is 0.545 e. The number of hydrogen-bond donors (Lipinski definition) is 1. The molecule has 0 aliphatic carbocycles. The number of amides is 1. The summed E-state index contributed by atoms with van der Waals surface area (Å²) in [6.45, 7) is 0. The first-order valence-electron chi connectivity index (χ1n) is 5.84. The molecule has 104 valence electrons. The number of carbonyl (C=O) groups is 2. The number of nitriles is 1. The van der Waals surface area contributed by atoms with Gasteiger partial charge in [0.1, 0.15) is 23.2 Å². The third-order valence-electron chi connectivity index (χ3n) is 2.70. The summed E-state index contributed by atoms with van der Waals surface area (Å²) in [6.07, 6.45) is 1.24. The number of primary amides is 1. The minimum absolute atomic E-state index is 0.0610. The third-order valence-corrected chi connectivity index (χ3v) is 2.70. The smallest absolute Gasteiger partial charge is 0.259 e. The fraction of sp³-hybridized carbons (Fsp3) is 0. The van der Waals surface area contributed by atoms with Gasteiger partial charge in [-0.15, -0.1) is 0 Å². The molecule has 1 aromatic heterocycles. The molecule has 0 saturated heterocycles. The van der Waals surface area contributed by atoms with Crippen molar-refractivity contribution in [2.45, 2.75) is 0 Å². The molecule has 2 aromatic rings. The van der Waals surface area contributed by atoms with E-state index in [0.717, 1.165) is 0 Å². The van der Waals surface area contributed by atoms with Gasteiger partial charge in [-0.25, -0.2) is 0 Å². The van der Waals surface area contributed by atoms with Crippen molar-refractivity contribution in [2.24, 2.45) is 5.73 Å². The fourth-order valence-corrected chi connectivity index (χ4v) is 1.66. The second-order valence-electron chi connectivity index (χ2n) is 4.10. The standard InChI is InChI=1S/C15H10N2O4/c16-8-11(14(17)18)7-12-5-6-13(21-12)9-1-3-10(4-2-9)15(19)20/h1-7H,(H2,17,18)(H,19,20)/p-1/b11-7-. The lowest BCUT2D eigenvalue weighted by Gasteiger charge is -2.02. The lowest BCUT2D eigenvalue weighted by atomic mass is 10.1. The summed E-state index contributed by atoms with van der Waals surface area (Å²) >= 11 is 0. The summed E-state index contributed by atoms with van der Waals surface area (Å²) in [7, 11) is 0. The van der Waals surface area contributed by atoms with Gasteiger partial charge in [-0.2, -0.15) is 5.26 Å². The Morgan fingerprint density at radius 2 is 1.86 bits per heavy atom. The second-order valence-corrected chi connectivity index (χ2v) is 4.10. The topological polar surface area (TPSA) is 120 Å². The van der Waals surface area contributed by atoms with Crippen LogP contribution in [0.25, 0.3) is 17.4 Å². The molecule has 2 N–H and O–H groups in total. The van der Waals surface area contributed by atoms with E-state index in [-0.39, 0.29) is 11.1 Å². The molecule has 1 heterocycles. The maximum absolute atomic E-state index is 10.9. The molecule has 0 unspecified atom stereocenters. The highest BCUT2D eigenvalue weighted by molar-refractivity contribution is 6.00. The molecule has 0 spiro atoms. The number of carboxylic acids is 1. The molecule has 0 bridgehead atoms. The Morgan fingerprint density at radius 3 is 2.38 bits per heavy atom. The molecule has 6 nitrogen and oxygen atoms in total. The van der Waals surface area contributed by atoms with Crippen LogP contribution in [0.4, 0.5) is 0 Å². The van der Waals surface area contributed by atoms with Crippen molar-refractivity contribution in [3.63, 3.8) is 0 Å². The van der Waals surface area contributed by atoms with Gasteiger partial charge in [0.25, 0.3) is 5.91 Å². The van der Waals surface area contributed by atoms with Gasteiger partial charge in [0.2, 0.25) is 0 Å². The molecule has 0 aliphatic rings. The lowest BCUT2D eigenvalue weighted by molar-refractivity contribution is -0.255. The highest BCUT2D eigenvalue weighted by Crippen LogP contribution is 2.23. The van der Waals surface area contributed by atoms with Gasteiger partial charge in [-0.05, 0) is 17.7 Å². The first kappa shape index (κ1) is 14.1. The van der Waals surface area contributed by atoms with E-state index in [2.05, 4.69) is 0 Å². The summed E-state index contributed by atoms with van der Waals surface area (Å²) < 4.78 is 5.45. The molecular formula is C15H9N2O4-. The van der Waals surface area contributed by atoms with Gasteiger partial charge < -0.3 is 20.1 Å². The SMILES string of the molecule is N#C/C(=C/c1ccc(-c2ccc(C(=O)[O-])cc2)o1)C(N)=O. The van der Waals surface area contributed by atoms with Crippen molar-refractivity contribution in [1.29, 1.82) is 5.26 Å². The molecule has 0 fully saturated rings. The van der Waals surface area contributed by atoms with Crippen molar-refractivity contribution in [2.75, 3.05) is 0 Å². The molecule has 2 rings (SSSR count). The minimum atomic E-state index is -1.26. The third kappa shape index (κ3) is 3.16. The van der Waals surface area contributed by atoms with Gasteiger partial charge in [-0.1, -0.05) is 24.3 Å². The van der Waals surface area contributed by atoms with Gasteiger partial charge in [0.05, 0.1) is 5.97 Å². The van der Waals surface area contributed by atoms with Gasteiger partial charge >= 0.3 is 0 Å². The van der Waals surface area contributed by atoms with Gasteiger partial charge in [0, 0.05) is 11.6 Å². The summed E-state index contributed by atoms with van der Waals surface area (Å²) in [4.78, 5) is 21.6.